The van der Waals surface area contributed by atoms with Crippen molar-refractivity contribution < 1.29 is 14.2 Å². The molecule has 4 heteroatoms. The molecule has 0 radical (unpaired) electrons. The van der Waals surface area contributed by atoms with Gasteiger partial charge in [-0.1, -0.05) is 18.2 Å². The van der Waals surface area contributed by atoms with Gasteiger partial charge in [0.25, 0.3) is 0 Å². The zero-order valence-electron chi connectivity index (χ0n) is 13.3. The highest BCUT2D eigenvalue weighted by atomic mass is 16.5. The van der Waals surface area contributed by atoms with E-state index in [1.54, 1.807) is 0 Å². The van der Waals surface area contributed by atoms with E-state index in [1.807, 2.05) is 45.0 Å². The van der Waals surface area contributed by atoms with Crippen LogP contribution in [0.5, 0.6) is 5.75 Å². The fourth-order valence-corrected chi connectivity index (χ4v) is 2.93. The predicted molar refractivity (Wildman–Crippen MR) is 83.5 cm³/mol. The van der Waals surface area contributed by atoms with Crippen LogP contribution >= 0.6 is 0 Å². The smallest absolute Gasteiger partial charge is 0.124 e. The largest absolute Gasteiger partial charge is 0.491 e. The SMILES string of the molecule is CCOC1(C(N)c2ccccc2OC(C)C)CCOCC1. The summed E-state index contributed by atoms with van der Waals surface area (Å²) >= 11 is 0. The standard InChI is InChI=1S/C17H27NO3/c1-4-20-17(9-11-19-12-10-17)16(18)14-7-5-6-8-15(14)21-13(2)3/h5-8,13,16H,4,9-12,18H2,1-3H3. The van der Waals surface area contributed by atoms with Crippen LogP contribution in [0.3, 0.4) is 0 Å². The molecule has 2 N–H and O–H groups in total. The summed E-state index contributed by atoms with van der Waals surface area (Å²) in [4.78, 5) is 0. The van der Waals surface area contributed by atoms with Crippen LogP contribution in [0.15, 0.2) is 24.3 Å². The van der Waals surface area contributed by atoms with Crippen LogP contribution in [0.4, 0.5) is 0 Å². The van der Waals surface area contributed by atoms with Crippen molar-refractivity contribution in [1.29, 1.82) is 0 Å². The summed E-state index contributed by atoms with van der Waals surface area (Å²) in [5.41, 5.74) is 7.26. The van der Waals surface area contributed by atoms with Crippen molar-refractivity contribution in [3.05, 3.63) is 29.8 Å². The van der Waals surface area contributed by atoms with E-state index in [1.165, 1.54) is 0 Å². The highest BCUT2D eigenvalue weighted by Gasteiger charge is 2.41. The highest BCUT2D eigenvalue weighted by molar-refractivity contribution is 5.37. The van der Waals surface area contributed by atoms with E-state index >= 15 is 0 Å². The van der Waals surface area contributed by atoms with E-state index in [4.69, 9.17) is 19.9 Å². The number of hydrogen-bond donors (Lipinski definition) is 1. The van der Waals surface area contributed by atoms with Crippen LogP contribution in [0.25, 0.3) is 0 Å². The van der Waals surface area contributed by atoms with Gasteiger partial charge in [0, 0.05) is 38.2 Å². The van der Waals surface area contributed by atoms with Gasteiger partial charge < -0.3 is 19.9 Å². The fraction of sp³-hybridized carbons (Fsp3) is 0.647. The van der Waals surface area contributed by atoms with Crippen molar-refractivity contribution in [2.24, 2.45) is 5.73 Å². The van der Waals surface area contributed by atoms with Crippen molar-refractivity contribution in [2.75, 3.05) is 19.8 Å². The Kier molecular flexibility index (Phi) is 5.62. The van der Waals surface area contributed by atoms with Gasteiger partial charge in [0.2, 0.25) is 0 Å². The van der Waals surface area contributed by atoms with Crippen LogP contribution in [-0.2, 0) is 9.47 Å². The highest BCUT2D eigenvalue weighted by Crippen LogP contribution is 2.39. The molecule has 0 amide bonds. The first-order valence-electron chi connectivity index (χ1n) is 7.82. The van der Waals surface area contributed by atoms with Crippen LogP contribution in [0, 0.1) is 0 Å². The first kappa shape index (κ1) is 16.3. The minimum Gasteiger partial charge on any atom is -0.491 e. The molecule has 0 aromatic heterocycles. The zero-order chi connectivity index (χ0) is 15.3. The first-order valence-corrected chi connectivity index (χ1v) is 7.82. The van der Waals surface area contributed by atoms with Crippen molar-refractivity contribution in [3.8, 4) is 5.75 Å². The monoisotopic (exact) mass is 293 g/mol. The normalized spacial score (nSPS) is 19.5. The van der Waals surface area contributed by atoms with Gasteiger partial charge in [-0.15, -0.1) is 0 Å². The lowest BCUT2D eigenvalue weighted by Crippen LogP contribution is -2.48. The summed E-state index contributed by atoms with van der Waals surface area (Å²) < 4.78 is 17.5. The van der Waals surface area contributed by atoms with Gasteiger partial charge >= 0.3 is 0 Å². The average Bonchev–Trinajstić information content (AvgIpc) is 2.48. The van der Waals surface area contributed by atoms with Gasteiger partial charge in [-0.25, -0.2) is 0 Å². The second-order valence-corrected chi connectivity index (χ2v) is 5.79. The summed E-state index contributed by atoms with van der Waals surface area (Å²) in [6.07, 6.45) is 1.76. The molecular weight excluding hydrogens is 266 g/mol. The second-order valence-electron chi connectivity index (χ2n) is 5.79. The molecule has 1 saturated heterocycles. The molecule has 21 heavy (non-hydrogen) atoms. The molecule has 1 aliphatic heterocycles. The van der Waals surface area contributed by atoms with E-state index in [-0.39, 0.29) is 17.7 Å². The molecule has 1 fully saturated rings. The van der Waals surface area contributed by atoms with Crippen LogP contribution in [-0.4, -0.2) is 31.5 Å². The molecule has 1 unspecified atom stereocenters. The number of ether oxygens (including phenoxy) is 3. The maximum atomic E-state index is 6.61. The van der Waals surface area contributed by atoms with Crippen molar-refractivity contribution in [1.82, 2.24) is 0 Å². The minimum atomic E-state index is -0.358. The van der Waals surface area contributed by atoms with Gasteiger partial charge in [-0.05, 0) is 26.8 Å². The Balaban J connectivity index is 2.30. The first-order chi connectivity index (χ1) is 10.1. The lowest BCUT2D eigenvalue weighted by Gasteiger charge is -2.42. The Bertz CT molecular complexity index is 436. The third-order valence-corrected chi connectivity index (χ3v) is 3.95. The predicted octanol–water partition coefficient (Wildman–Crippen LogP) is 3.06. The molecule has 1 aliphatic rings. The van der Waals surface area contributed by atoms with Crippen molar-refractivity contribution in [2.45, 2.75) is 51.4 Å². The second kappa shape index (κ2) is 7.25. The molecule has 0 bridgehead atoms. The van der Waals surface area contributed by atoms with Crippen LogP contribution in [0.1, 0.15) is 45.2 Å². The van der Waals surface area contributed by atoms with Gasteiger partial charge in [-0.3, -0.25) is 0 Å². The molecule has 1 aromatic carbocycles. The Hall–Kier alpha value is -1.10. The number of rotatable bonds is 6. The molecule has 118 valence electrons. The van der Waals surface area contributed by atoms with Gasteiger partial charge in [0.05, 0.1) is 17.7 Å². The average molecular weight is 293 g/mol. The molecule has 1 heterocycles. The number of nitrogens with two attached hydrogens (primary N) is 1. The number of benzene rings is 1. The van der Waals surface area contributed by atoms with E-state index < -0.39 is 0 Å². The van der Waals surface area contributed by atoms with E-state index in [9.17, 15) is 0 Å². The molecular formula is C17H27NO3. The Morgan fingerprint density at radius 3 is 2.52 bits per heavy atom. The van der Waals surface area contributed by atoms with Crippen molar-refractivity contribution in [3.63, 3.8) is 0 Å². The maximum absolute atomic E-state index is 6.61. The minimum absolute atomic E-state index is 0.121. The van der Waals surface area contributed by atoms with E-state index in [2.05, 4.69) is 0 Å². The molecule has 4 nitrogen and oxygen atoms in total. The van der Waals surface area contributed by atoms with Crippen LogP contribution < -0.4 is 10.5 Å². The maximum Gasteiger partial charge on any atom is 0.124 e. The molecule has 1 atom stereocenters. The van der Waals surface area contributed by atoms with E-state index in [0.717, 1.165) is 24.2 Å². The molecule has 2 rings (SSSR count). The van der Waals surface area contributed by atoms with Crippen molar-refractivity contribution >= 4 is 0 Å². The third-order valence-electron chi connectivity index (χ3n) is 3.95. The van der Waals surface area contributed by atoms with Gasteiger partial charge in [-0.2, -0.15) is 0 Å². The number of para-hydroxylation sites is 1. The topological polar surface area (TPSA) is 53.7 Å². The summed E-state index contributed by atoms with van der Waals surface area (Å²) in [7, 11) is 0. The number of hydrogen-bond acceptors (Lipinski definition) is 4. The Morgan fingerprint density at radius 2 is 1.90 bits per heavy atom. The summed E-state index contributed by atoms with van der Waals surface area (Å²) in [6.45, 7) is 8.10. The summed E-state index contributed by atoms with van der Waals surface area (Å²) in [6, 6.07) is 7.79. The van der Waals surface area contributed by atoms with Crippen LogP contribution in [0.2, 0.25) is 0 Å². The molecule has 1 aromatic rings. The van der Waals surface area contributed by atoms with Gasteiger partial charge in [0.1, 0.15) is 5.75 Å². The summed E-state index contributed by atoms with van der Waals surface area (Å²) in [5, 5.41) is 0. The fourth-order valence-electron chi connectivity index (χ4n) is 2.93. The summed E-state index contributed by atoms with van der Waals surface area (Å²) in [5.74, 6) is 0.852. The Morgan fingerprint density at radius 1 is 1.24 bits per heavy atom. The molecule has 0 saturated carbocycles. The molecule has 0 aliphatic carbocycles. The molecule has 0 spiro atoms. The van der Waals surface area contributed by atoms with Gasteiger partial charge in [0.15, 0.2) is 0 Å². The third kappa shape index (κ3) is 3.76. The van der Waals surface area contributed by atoms with E-state index in [0.29, 0.717) is 19.8 Å². The zero-order valence-corrected chi connectivity index (χ0v) is 13.3. The lowest BCUT2D eigenvalue weighted by molar-refractivity contribution is -0.122. The lowest BCUT2D eigenvalue weighted by atomic mass is 9.82. The Labute approximate surface area is 127 Å². The quantitative estimate of drug-likeness (QED) is 0.876.